The highest BCUT2D eigenvalue weighted by Crippen LogP contribution is 2.19. The van der Waals surface area contributed by atoms with E-state index in [0.717, 1.165) is 5.56 Å². The maximum atomic E-state index is 11.6. The second-order valence-electron chi connectivity index (χ2n) is 3.77. The van der Waals surface area contributed by atoms with E-state index in [1.165, 1.54) is 4.68 Å². The van der Waals surface area contributed by atoms with E-state index in [-0.39, 0.29) is 17.1 Å². The third kappa shape index (κ3) is 2.25. The van der Waals surface area contributed by atoms with Crippen LogP contribution in [0, 0.1) is 6.92 Å². The Bertz CT molecular complexity index is 606. The summed E-state index contributed by atoms with van der Waals surface area (Å²) in [4.78, 5) is 11.6. The molecule has 6 heteroatoms. The van der Waals surface area contributed by atoms with Crippen molar-refractivity contribution < 1.29 is 0 Å². The van der Waals surface area contributed by atoms with Crippen molar-refractivity contribution in [3.63, 3.8) is 0 Å². The molecule has 0 saturated heterocycles. The summed E-state index contributed by atoms with van der Waals surface area (Å²) in [6.07, 6.45) is 0. The van der Waals surface area contributed by atoms with Crippen LogP contribution < -0.4 is 11.3 Å². The van der Waals surface area contributed by atoms with Gasteiger partial charge in [0, 0.05) is 7.05 Å². The fourth-order valence-corrected chi connectivity index (χ4v) is 1.37. The minimum Gasteiger partial charge on any atom is -0.382 e. The topological polar surface area (TPSA) is 88.5 Å². The molecule has 0 radical (unpaired) electrons. The first-order valence-corrected chi connectivity index (χ1v) is 5.11. The molecule has 0 spiro atoms. The smallest absolute Gasteiger partial charge is 0.296 e. The highest BCUT2D eigenvalue weighted by atomic mass is 16.1. The number of benzene rings is 1. The number of nitrogens with two attached hydrogens (primary N) is 1. The lowest BCUT2D eigenvalue weighted by molar-refractivity contribution is 0.743. The zero-order chi connectivity index (χ0) is 12.4. The Morgan fingerprint density at radius 3 is 2.41 bits per heavy atom. The van der Waals surface area contributed by atoms with E-state index in [1.54, 1.807) is 7.05 Å². The molecule has 0 fully saturated rings. The molecular formula is C11H13N5O. The average molecular weight is 231 g/mol. The quantitative estimate of drug-likeness (QED) is 0.774. The Hall–Kier alpha value is -2.37. The molecule has 1 aromatic carbocycles. The minimum atomic E-state index is -0.293. The number of aryl methyl sites for hydroxylation is 2. The van der Waals surface area contributed by atoms with Crippen LogP contribution in [-0.2, 0) is 7.05 Å². The highest BCUT2D eigenvalue weighted by molar-refractivity contribution is 5.55. The zero-order valence-corrected chi connectivity index (χ0v) is 9.64. The number of hydrogen-bond acceptors (Lipinski definition) is 4. The van der Waals surface area contributed by atoms with Crippen LogP contribution in [0.4, 0.5) is 17.2 Å². The van der Waals surface area contributed by atoms with E-state index < -0.39 is 0 Å². The van der Waals surface area contributed by atoms with Gasteiger partial charge in [-0.1, -0.05) is 17.7 Å². The van der Waals surface area contributed by atoms with Crippen LogP contribution in [0.2, 0.25) is 0 Å². The predicted molar refractivity (Wildman–Crippen MR) is 65.8 cm³/mol. The second kappa shape index (κ2) is 4.25. The predicted octanol–water partition coefficient (Wildman–Crippen LogP) is 2.02. The first kappa shape index (κ1) is 11.1. The summed E-state index contributed by atoms with van der Waals surface area (Å²) in [5.74, 6) is 0.216. The van der Waals surface area contributed by atoms with Crippen LogP contribution in [0.15, 0.2) is 39.3 Å². The Balaban J connectivity index is 2.32. The third-order valence-corrected chi connectivity index (χ3v) is 2.35. The van der Waals surface area contributed by atoms with Crippen molar-refractivity contribution in [2.75, 3.05) is 5.73 Å². The molecule has 0 amide bonds. The van der Waals surface area contributed by atoms with Crippen LogP contribution >= 0.6 is 0 Å². The molecule has 88 valence electrons. The van der Waals surface area contributed by atoms with Gasteiger partial charge in [-0.05, 0) is 19.1 Å². The van der Waals surface area contributed by atoms with Gasteiger partial charge < -0.3 is 5.73 Å². The number of anilines is 1. The van der Waals surface area contributed by atoms with Gasteiger partial charge in [-0.3, -0.25) is 14.6 Å². The number of nitrogens with zero attached hydrogens (tertiary/aromatic N) is 3. The van der Waals surface area contributed by atoms with Gasteiger partial charge in [0.05, 0.1) is 5.69 Å². The van der Waals surface area contributed by atoms with Crippen molar-refractivity contribution in [1.82, 2.24) is 9.78 Å². The maximum Gasteiger partial charge on any atom is 0.296 e. The third-order valence-electron chi connectivity index (χ3n) is 2.35. The van der Waals surface area contributed by atoms with E-state index in [0.29, 0.717) is 5.69 Å². The van der Waals surface area contributed by atoms with Gasteiger partial charge in [-0.15, -0.1) is 5.11 Å². The van der Waals surface area contributed by atoms with Crippen LogP contribution in [0.5, 0.6) is 0 Å². The maximum absolute atomic E-state index is 11.6. The molecule has 2 aromatic rings. The molecule has 0 atom stereocenters. The number of hydrogen-bond donors (Lipinski definition) is 2. The molecule has 6 nitrogen and oxygen atoms in total. The summed E-state index contributed by atoms with van der Waals surface area (Å²) in [6.45, 7) is 1.99. The van der Waals surface area contributed by atoms with Crippen molar-refractivity contribution >= 4 is 17.2 Å². The normalized spacial score (nSPS) is 11.2. The van der Waals surface area contributed by atoms with Crippen LogP contribution in [0.25, 0.3) is 0 Å². The van der Waals surface area contributed by atoms with Crippen molar-refractivity contribution in [2.24, 2.45) is 17.3 Å². The Labute approximate surface area is 97.8 Å². The molecule has 1 aromatic heterocycles. The molecule has 0 aliphatic rings. The van der Waals surface area contributed by atoms with Gasteiger partial charge in [0.15, 0.2) is 5.69 Å². The van der Waals surface area contributed by atoms with Gasteiger partial charge in [-0.2, -0.15) is 5.11 Å². The summed E-state index contributed by atoms with van der Waals surface area (Å²) in [5.41, 5.74) is 7.26. The molecule has 0 unspecified atom stereocenters. The van der Waals surface area contributed by atoms with Gasteiger partial charge in [0.2, 0.25) is 0 Å². The molecular weight excluding hydrogens is 218 g/mol. The lowest BCUT2D eigenvalue weighted by atomic mass is 10.2. The van der Waals surface area contributed by atoms with Crippen molar-refractivity contribution in [3.8, 4) is 0 Å². The van der Waals surface area contributed by atoms with Gasteiger partial charge in [-0.25, -0.2) is 0 Å². The molecule has 17 heavy (non-hydrogen) atoms. The molecule has 2 rings (SSSR count). The second-order valence-corrected chi connectivity index (χ2v) is 3.77. The van der Waals surface area contributed by atoms with Gasteiger partial charge in [0.25, 0.3) is 5.56 Å². The van der Waals surface area contributed by atoms with Crippen molar-refractivity contribution in [1.29, 1.82) is 0 Å². The molecule has 0 aliphatic carbocycles. The lowest BCUT2D eigenvalue weighted by Crippen LogP contribution is -2.10. The molecule has 3 N–H and O–H groups in total. The number of aromatic nitrogens is 2. The number of nitrogen functional groups attached to an aromatic ring is 1. The van der Waals surface area contributed by atoms with Crippen LogP contribution in [-0.4, -0.2) is 9.78 Å². The standard InChI is InChI=1S/C11H13N5O/c1-7-3-5-8(6-4-7)13-14-9-10(12)15-16(2)11(9)17/h3-6,15H,12H2,1-2H3. The number of H-pyrrole nitrogens is 1. The number of azo groups is 1. The zero-order valence-electron chi connectivity index (χ0n) is 9.64. The van der Waals surface area contributed by atoms with E-state index in [4.69, 9.17) is 5.73 Å². The summed E-state index contributed by atoms with van der Waals surface area (Å²) in [5, 5.41) is 10.5. The fourth-order valence-electron chi connectivity index (χ4n) is 1.37. The van der Waals surface area contributed by atoms with Crippen molar-refractivity contribution in [3.05, 3.63) is 40.2 Å². The van der Waals surface area contributed by atoms with Crippen LogP contribution in [0.3, 0.4) is 0 Å². The minimum absolute atomic E-state index is 0.132. The number of rotatable bonds is 2. The lowest BCUT2D eigenvalue weighted by Gasteiger charge is -1.92. The first-order chi connectivity index (χ1) is 8.08. The summed E-state index contributed by atoms with van der Waals surface area (Å²) < 4.78 is 1.26. The molecule has 0 saturated carbocycles. The number of nitrogens with one attached hydrogen (secondary N) is 1. The Morgan fingerprint density at radius 2 is 1.88 bits per heavy atom. The van der Waals surface area contributed by atoms with E-state index in [1.807, 2.05) is 31.2 Å². The van der Waals surface area contributed by atoms with E-state index >= 15 is 0 Å². The van der Waals surface area contributed by atoms with Crippen molar-refractivity contribution in [2.45, 2.75) is 6.92 Å². The Kier molecular flexibility index (Phi) is 2.78. The largest absolute Gasteiger partial charge is 0.382 e. The number of aromatic amines is 1. The van der Waals surface area contributed by atoms with E-state index in [2.05, 4.69) is 15.3 Å². The SMILES string of the molecule is Cc1ccc(N=Nc2c(N)[nH]n(C)c2=O)cc1. The van der Waals surface area contributed by atoms with Gasteiger partial charge in [0.1, 0.15) is 5.82 Å². The van der Waals surface area contributed by atoms with E-state index in [9.17, 15) is 4.79 Å². The summed E-state index contributed by atoms with van der Waals surface area (Å²) in [6, 6.07) is 7.50. The molecule has 1 heterocycles. The summed E-state index contributed by atoms with van der Waals surface area (Å²) in [7, 11) is 1.57. The fraction of sp³-hybridized carbons (Fsp3) is 0.182. The van der Waals surface area contributed by atoms with Crippen LogP contribution in [0.1, 0.15) is 5.56 Å². The highest BCUT2D eigenvalue weighted by Gasteiger charge is 2.08. The monoisotopic (exact) mass is 231 g/mol. The first-order valence-electron chi connectivity index (χ1n) is 5.11. The molecule has 0 bridgehead atoms. The summed E-state index contributed by atoms with van der Waals surface area (Å²) >= 11 is 0. The Morgan fingerprint density at radius 1 is 1.24 bits per heavy atom. The average Bonchev–Trinajstić information content (AvgIpc) is 2.54. The van der Waals surface area contributed by atoms with Gasteiger partial charge >= 0.3 is 0 Å². The molecule has 0 aliphatic heterocycles.